The van der Waals surface area contributed by atoms with Crippen LogP contribution in [0, 0.1) is 0 Å². The SMILES string of the molecule is COC(=O)CN(CC(=O)OC)C(=O)c1ccc(C=CC(=O)O)cc1. The van der Waals surface area contributed by atoms with Crippen LogP contribution in [0.5, 0.6) is 0 Å². The van der Waals surface area contributed by atoms with Crippen LogP contribution in [0.15, 0.2) is 30.3 Å². The van der Waals surface area contributed by atoms with Crippen molar-refractivity contribution >= 4 is 29.9 Å². The summed E-state index contributed by atoms with van der Waals surface area (Å²) < 4.78 is 9.01. The standard InChI is InChI=1S/C16H17NO7/c1-23-14(20)9-17(10-15(21)24-2)16(22)12-6-3-11(4-7-12)5-8-13(18)19/h3-8H,9-10H2,1-2H3,(H,18,19). The summed E-state index contributed by atoms with van der Waals surface area (Å²) in [6.07, 6.45) is 2.34. The number of rotatable bonds is 7. The second-order valence-corrected chi connectivity index (χ2v) is 4.61. The number of hydrogen-bond acceptors (Lipinski definition) is 6. The second-order valence-electron chi connectivity index (χ2n) is 4.61. The van der Waals surface area contributed by atoms with Crippen molar-refractivity contribution in [2.45, 2.75) is 0 Å². The van der Waals surface area contributed by atoms with Gasteiger partial charge in [-0.15, -0.1) is 0 Å². The first kappa shape index (κ1) is 18.9. The molecule has 0 bridgehead atoms. The number of benzene rings is 1. The van der Waals surface area contributed by atoms with Crippen LogP contribution in [-0.2, 0) is 23.9 Å². The van der Waals surface area contributed by atoms with E-state index in [4.69, 9.17) is 5.11 Å². The number of ether oxygens (including phenoxy) is 2. The summed E-state index contributed by atoms with van der Waals surface area (Å²) >= 11 is 0. The van der Waals surface area contributed by atoms with Gasteiger partial charge in [0.05, 0.1) is 14.2 Å². The predicted octanol–water partition coefficient (Wildman–Crippen LogP) is 0.573. The van der Waals surface area contributed by atoms with Crippen molar-refractivity contribution in [2.24, 2.45) is 0 Å². The van der Waals surface area contributed by atoms with E-state index < -0.39 is 36.9 Å². The predicted molar refractivity (Wildman–Crippen MR) is 83.0 cm³/mol. The number of esters is 2. The molecule has 0 saturated heterocycles. The summed E-state index contributed by atoms with van der Waals surface area (Å²) in [6.45, 7) is -0.795. The van der Waals surface area contributed by atoms with Gasteiger partial charge in [-0.3, -0.25) is 14.4 Å². The fourth-order valence-electron chi connectivity index (χ4n) is 1.73. The van der Waals surface area contributed by atoms with Gasteiger partial charge < -0.3 is 19.5 Å². The minimum absolute atomic E-state index is 0.232. The summed E-state index contributed by atoms with van der Waals surface area (Å²) in [5.74, 6) is -2.99. The third-order valence-electron chi connectivity index (χ3n) is 2.96. The lowest BCUT2D eigenvalue weighted by molar-refractivity contribution is -0.144. The summed E-state index contributed by atoms with van der Waals surface area (Å²) in [5, 5.41) is 8.57. The van der Waals surface area contributed by atoms with Crippen LogP contribution in [0.2, 0.25) is 0 Å². The number of carboxylic acids is 1. The second kappa shape index (κ2) is 9.09. The first-order valence-electron chi connectivity index (χ1n) is 6.81. The molecule has 0 heterocycles. The molecule has 0 fully saturated rings. The van der Waals surface area contributed by atoms with Crippen LogP contribution >= 0.6 is 0 Å². The molecule has 0 atom stereocenters. The molecule has 128 valence electrons. The Balaban J connectivity index is 2.93. The Hall–Kier alpha value is -3.16. The molecule has 0 aliphatic rings. The van der Waals surface area contributed by atoms with E-state index in [1.165, 1.54) is 32.4 Å². The van der Waals surface area contributed by atoms with Crippen LogP contribution in [0.4, 0.5) is 0 Å². The van der Waals surface area contributed by atoms with Crippen molar-refractivity contribution in [3.63, 3.8) is 0 Å². The van der Waals surface area contributed by atoms with Crippen molar-refractivity contribution in [3.8, 4) is 0 Å². The van der Waals surface area contributed by atoms with Crippen molar-refractivity contribution in [3.05, 3.63) is 41.5 Å². The van der Waals surface area contributed by atoms with E-state index in [0.717, 1.165) is 11.0 Å². The molecule has 1 aromatic rings. The lowest BCUT2D eigenvalue weighted by Crippen LogP contribution is -2.40. The zero-order chi connectivity index (χ0) is 18.1. The third-order valence-corrected chi connectivity index (χ3v) is 2.96. The van der Waals surface area contributed by atoms with Crippen LogP contribution in [0.25, 0.3) is 6.08 Å². The molecule has 0 radical (unpaired) electrons. The third kappa shape index (κ3) is 5.91. The van der Waals surface area contributed by atoms with Gasteiger partial charge in [0.25, 0.3) is 5.91 Å². The van der Waals surface area contributed by atoms with Crippen molar-refractivity contribution in [1.29, 1.82) is 0 Å². The molecule has 0 spiro atoms. The van der Waals surface area contributed by atoms with Crippen molar-refractivity contribution in [1.82, 2.24) is 4.90 Å². The quantitative estimate of drug-likeness (QED) is 0.573. The van der Waals surface area contributed by atoms with Crippen LogP contribution in [0.1, 0.15) is 15.9 Å². The Morgan fingerprint density at radius 2 is 1.50 bits per heavy atom. The van der Waals surface area contributed by atoms with E-state index in [-0.39, 0.29) is 5.56 Å². The number of methoxy groups -OCH3 is 2. The van der Waals surface area contributed by atoms with Gasteiger partial charge in [0.15, 0.2) is 0 Å². The summed E-state index contributed by atoms with van der Waals surface area (Å²) in [6, 6.07) is 6.01. The number of carboxylic acid groups (broad SMARTS) is 1. The van der Waals surface area contributed by atoms with Crippen LogP contribution < -0.4 is 0 Å². The van der Waals surface area contributed by atoms with Gasteiger partial charge in [-0.05, 0) is 23.8 Å². The number of amides is 1. The number of carbonyl (C=O) groups is 4. The van der Waals surface area contributed by atoms with Gasteiger partial charge in [0.2, 0.25) is 0 Å². The van der Waals surface area contributed by atoms with E-state index in [1.807, 2.05) is 0 Å². The molecule has 8 heteroatoms. The van der Waals surface area contributed by atoms with Gasteiger partial charge in [-0.2, -0.15) is 0 Å². The van der Waals surface area contributed by atoms with Gasteiger partial charge in [-0.1, -0.05) is 12.1 Å². The van der Waals surface area contributed by atoms with Gasteiger partial charge >= 0.3 is 17.9 Å². The minimum Gasteiger partial charge on any atom is -0.478 e. The molecule has 0 aliphatic carbocycles. The lowest BCUT2D eigenvalue weighted by atomic mass is 10.1. The molecular formula is C16H17NO7. The first-order chi connectivity index (χ1) is 11.4. The Morgan fingerprint density at radius 1 is 1.00 bits per heavy atom. The largest absolute Gasteiger partial charge is 0.478 e. The highest BCUT2D eigenvalue weighted by molar-refractivity contribution is 5.98. The van der Waals surface area contributed by atoms with Crippen molar-refractivity contribution in [2.75, 3.05) is 27.3 Å². The molecule has 0 unspecified atom stereocenters. The van der Waals surface area contributed by atoms with Crippen molar-refractivity contribution < 1.29 is 33.8 Å². The number of hydrogen-bond donors (Lipinski definition) is 1. The average molecular weight is 335 g/mol. The van der Waals surface area contributed by atoms with E-state index in [9.17, 15) is 19.2 Å². The maximum Gasteiger partial charge on any atom is 0.328 e. The Morgan fingerprint density at radius 3 is 1.92 bits per heavy atom. The maximum absolute atomic E-state index is 12.4. The fraction of sp³-hybridized carbons (Fsp3) is 0.250. The molecular weight excluding hydrogens is 318 g/mol. The van der Waals surface area contributed by atoms with Crippen LogP contribution in [-0.4, -0.2) is 61.1 Å². The normalized spacial score (nSPS) is 10.2. The maximum atomic E-state index is 12.4. The summed E-state index contributed by atoms with van der Waals surface area (Å²) in [4.78, 5) is 46.7. The molecule has 1 aromatic carbocycles. The smallest absolute Gasteiger partial charge is 0.328 e. The number of carbonyl (C=O) groups excluding carboxylic acids is 3. The molecule has 24 heavy (non-hydrogen) atoms. The molecule has 8 nitrogen and oxygen atoms in total. The highest BCUT2D eigenvalue weighted by Crippen LogP contribution is 2.10. The van der Waals surface area contributed by atoms with Gasteiger partial charge in [-0.25, -0.2) is 4.79 Å². The Labute approximate surface area is 138 Å². The molecule has 0 saturated carbocycles. The average Bonchev–Trinajstić information content (AvgIpc) is 2.58. The van der Waals surface area contributed by atoms with Crippen LogP contribution in [0.3, 0.4) is 0 Å². The van der Waals surface area contributed by atoms with Gasteiger partial charge in [0, 0.05) is 11.6 Å². The first-order valence-corrected chi connectivity index (χ1v) is 6.81. The summed E-state index contributed by atoms with van der Waals surface area (Å²) in [7, 11) is 2.35. The minimum atomic E-state index is -1.09. The molecule has 0 aromatic heterocycles. The van der Waals surface area contributed by atoms with E-state index in [1.54, 1.807) is 12.1 Å². The molecule has 1 amide bonds. The Bertz CT molecular complexity index is 631. The molecule has 1 N–H and O–H groups in total. The Kier molecular flexibility index (Phi) is 7.15. The number of aliphatic carboxylic acids is 1. The van der Waals surface area contributed by atoms with E-state index in [0.29, 0.717) is 5.56 Å². The monoisotopic (exact) mass is 335 g/mol. The lowest BCUT2D eigenvalue weighted by Gasteiger charge is -2.20. The zero-order valence-electron chi connectivity index (χ0n) is 13.2. The highest BCUT2D eigenvalue weighted by Gasteiger charge is 2.22. The highest BCUT2D eigenvalue weighted by atomic mass is 16.5. The topological polar surface area (TPSA) is 110 Å². The fourth-order valence-corrected chi connectivity index (χ4v) is 1.73. The molecule has 0 aliphatic heterocycles. The zero-order valence-corrected chi connectivity index (χ0v) is 13.2. The van der Waals surface area contributed by atoms with E-state index >= 15 is 0 Å². The summed E-state index contributed by atoms with van der Waals surface area (Å²) in [5.41, 5.74) is 0.816. The van der Waals surface area contributed by atoms with Gasteiger partial charge in [0.1, 0.15) is 13.1 Å². The molecule has 1 rings (SSSR count). The number of nitrogens with zero attached hydrogens (tertiary/aromatic N) is 1. The van der Waals surface area contributed by atoms with E-state index in [2.05, 4.69) is 9.47 Å².